The molecule has 0 amide bonds. The number of aryl methyl sites for hydroxylation is 1. The molecule has 22 heavy (non-hydrogen) atoms. The summed E-state index contributed by atoms with van der Waals surface area (Å²) in [7, 11) is 1.55. The van der Waals surface area contributed by atoms with Crippen LogP contribution in [0.5, 0.6) is 5.88 Å². The van der Waals surface area contributed by atoms with Gasteiger partial charge in [0.25, 0.3) is 0 Å². The second-order valence-electron chi connectivity index (χ2n) is 4.37. The molecule has 0 spiro atoms. The first-order valence-corrected chi connectivity index (χ1v) is 7.40. The van der Waals surface area contributed by atoms with Gasteiger partial charge in [0.15, 0.2) is 0 Å². The third kappa shape index (κ3) is 2.84. The molecule has 0 atom stereocenters. The summed E-state index contributed by atoms with van der Waals surface area (Å²) in [5.41, 5.74) is 1.16. The second-order valence-corrected chi connectivity index (χ2v) is 5.53. The first-order valence-electron chi connectivity index (χ1n) is 6.32. The summed E-state index contributed by atoms with van der Waals surface area (Å²) in [5, 5.41) is 7.61. The van der Waals surface area contributed by atoms with Crippen molar-refractivity contribution in [2.45, 2.75) is 6.61 Å². The first kappa shape index (κ1) is 14.6. The Morgan fingerprint density at radius 1 is 1.27 bits per heavy atom. The minimum Gasteiger partial charge on any atom is -0.473 e. The van der Waals surface area contributed by atoms with Crippen LogP contribution >= 0.6 is 22.6 Å². The van der Waals surface area contributed by atoms with Crippen LogP contribution in [0.1, 0.15) is 5.56 Å². The van der Waals surface area contributed by atoms with E-state index in [0.29, 0.717) is 11.6 Å². The third-order valence-corrected chi connectivity index (χ3v) is 3.97. The van der Waals surface area contributed by atoms with E-state index in [1.54, 1.807) is 25.4 Å². The summed E-state index contributed by atoms with van der Waals surface area (Å²) in [6, 6.07) is 7.26. The molecule has 2 aromatic heterocycles. The van der Waals surface area contributed by atoms with Crippen molar-refractivity contribution in [1.82, 2.24) is 29.8 Å². The van der Waals surface area contributed by atoms with Gasteiger partial charge in [0.1, 0.15) is 12.9 Å². The average Bonchev–Trinajstić information content (AvgIpc) is 2.86. The molecule has 3 rings (SSSR count). The standard InChI is InChI=1S/C13H11IN6O2/c1-19-13(21)20(18-17-19)11-4-2-3-10(14)9(11)7-22-12-5-6-15-8-16-12/h2-6,8H,7H2,1H3. The van der Waals surface area contributed by atoms with Crippen LogP contribution in [-0.4, -0.2) is 29.8 Å². The van der Waals surface area contributed by atoms with Crippen molar-refractivity contribution in [3.8, 4) is 11.6 Å². The van der Waals surface area contributed by atoms with E-state index >= 15 is 0 Å². The monoisotopic (exact) mass is 410 g/mol. The summed E-state index contributed by atoms with van der Waals surface area (Å²) in [5.74, 6) is 0.465. The molecule has 0 aliphatic carbocycles. The molecule has 8 nitrogen and oxygen atoms in total. The van der Waals surface area contributed by atoms with Gasteiger partial charge >= 0.3 is 5.69 Å². The van der Waals surface area contributed by atoms with Crippen LogP contribution in [0.2, 0.25) is 0 Å². The minimum atomic E-state index is -0.315. The van der Waals surface area contributed by atoms with Crippen LogP contribution in [0.15, 0.2) is 41.6 Å². The van der Waals surface area contributed by atoms with Gasteiger partial charge in [0, 0.05) is 28.4 Å². The van der Waals surface area contributed by atoms with Gasteiger partial charge in [-0.2, -0.15) is 9.36 Å². The fourth-order valence-electron chi connectivity index (χ4n) is 1.86. The van der Waals surface area contributed by atoms with E-state index in [0.717, 1.165) is 9.13 Å². The predicted octanol–water partition coefficient (Wildman–Crippen LogP) is 0.940. The third-order valence-electron chi connectivity index (χ3n) is 2.96. The lowest BCUT2D eigenvalue weighted by Crippen LogP contribution is -2.23. The quantitative estimate of drug-likeness (QED) is 0.595. The zero-order chi connectivity index (χ0) is 15.5. The Morgan fingerprint density at radius 2 is 2.14 bits per heavy atom. The van der Waals surface area contributed by atoms with Gasteiger partial charge in [-0.05, 0) is 45.2 Å². The Bertz CT molecular complexity index is 845. The van der Waals surface area contributed by atoms with Gasteiger partial charge in [0.2, 0.25) is 5.88 Å². The van der Waals surface area contributed by atoms with Gasteiger partial charge in [0.05, 0.1) is 5.69 Å². The number of nitrogens with zero attached hydrogens (tertiary/aromatic N) is 6. The Hall–Kier alpha value is -2.30. The van der Waals surface area contributed by atoms with Crippen molar-refractivity contribution in [2.24, 2.45) is 7.05 Å². The van der Waals surface area contributed by atoms with Gasteiger partial charge < -0.3 is 4.74 Å². The molecule has 0 radical (unpaired) electrons. The van der Waals surface area contributed by atoms with Crippen molar-refractivity contribution in [1.29, 1.82) is 0 Å². The fraction of sp³-hybridized carbons (Fsp3) is 0.154. The van der Waals surface area contributed by atoms with E-state index in [9.17, 15) is 4.79 Å². The van der Waals surface area contributed by atoms with Gasteiger partial charge in [-0.15, -0.1) is 0 Å². The highest BCUT2D eigenvalue weighted by Gasteiger charge is 2.14. The van der Waals surface area contributed by atoms with Gasteiger partial charge in [-0.1, -0.05) is 6.07 Å². The van der Waals surface area contributed by atoms with Crippen molar-refractivity contribution in [3.63, 3.8) is 0 Å². The second kappa shape index (κ2) is 6.22. The number of ether oxygens (including phenoxy) is 1. The Morgan fingerprint density at radius 3 is 2.82 bits per heavy atom. The van der Waals surface area contributed by atoms with Crippen molar-refractivity contribution in [3.05, 3.63) is 56.4 Å². The average molecular weight is 410 g/mol. The largest absolute Gasteiger partial charge is 0.473 e. The van der Waals surface area contributed by atoms with E-state index in [2.05, 4.69) is 43.0 Å². The van der Waals surface area contributed by atoms with Crippen LogP contribution in [0.25, 0.3) is 5.69 Å². The molecule has 0 aliphatic rings. The highest BCUT2D eigenvalue weighted by Crippen LogP contribution is 2.21. The van der Waals surface area contributed by atoms with Crippen LogP contribution in [-0.2, 0) is 13.7 Å². The molecule has 0 unspecified atom stereocenters. The normalized spacial score (nSPS) is 10.6. The smallest absolute Gasteiger partial charge is 0.368 e. The lowest BCUT2D eigenvalue weighted by Gasteiger charge is -2.11. The van der Waals surface area contributed by atoms with E-state index in [1.807, 2.05) is 12.1 Å². The molecule has 112 valence electrons. The molecule has 0 bridgehead atoms. The summed E-state index contributed by atoms with van der Waals surface area (Å²) in [6.07, 6.45) is 3.02. The molecule has 9 heteroatoms. The lowest BCUT2D eigenvalue weighted by atomic mass is 10.2. The highest BCUT2D eigenvalue weighted by molar-refractivity contribution is 14.1. The summed E-state index contributed by atoms with van der Waals surface area (Å²) in [6.45, 7) is 0.258. The molecule has 3 aromatic rings. The molecule has 0 saturated heterocycles. The number of hydrogen-bond donors (Lipinski definition) is 0. The number of rotatable bonds is 4. The molecule has 0 saturated carbocycles. The number of benzene rings is 1. The van der Waals surface area contributed by atoms with Crippen LogP contribution in [0.3, 0.4) is 0 Å². The summed E-state index contributed by atoms with van der Waals surface area (Å²) < 4.78 is 9.04. The molecular formula is C13H11IN6O2. The maximum absolute atomic E-state index is 12.0. The van der Waals surface area contributed by atoms with Gasteiger partial charge in [-0.25, -0.2) is 14.8 Å². The van der Waals surface area contributed by atoms with Crippen molar-refractivity contribution in [2.75, 3.05) is 0 Å². The number of tetrazole rings is 1. The van der Waals surface area contributed by atoms with E-state index in [-0.39, 0.29) is 12.3 Å². The predicted molar refractivity (Wildman–Crippen MR) is 85.7 cm³/mol. The Balaban J connectivity index is 1.97. The molecule has 0 aliphatic heterocycles. The zero-order valence-corrected chi connectivity index (χ0v) is 13.7. The summed E-state index contributed by atoms with van der Waals surface area (Å²) in [4.78, 5) is 19.9. The lowest BCUT2D eigenvalue weighted by molar-refractivity contribution is 0.292. The topological polar surface area (TPSA) is 87.7 Å². The van der Waals surface area contributed by atoms with Gasteiger partial charge in [-0.3, -0.25) is 0 Å². The Labute approximate surface area is 138 Å². The summed E-state index contributed by atoms with van der Waals surface area (Å²) >= 11 is 2.19. The maximum atomic E-state index is 12.0. The maximum Gasteiger partial charge on any atom is 0.368 e. The van der Waals surface area contributed by atoms with E-state index < -0.39 is 0 Å². The van der Waals surface area contributed by atoms with Crippen molar-refractivity contribution < 1.29 is 4.74 Å². The van der Waals surface area contributed by atoms with Crippen molar-refractivity contribution >= 4 is 22.6 Å². The van der Waals surface area contributed by atoms with Crippen LogP contribution in [0.4, 0.5) is 0 Å². The SMILES string of the molecule is Cn1nnn(-c2cccc(I)c2COc2ccncn2)c1=O. The van der Waals surface area contributed by atoms with E-state index in [1.165, 1.54) is 15.7 Å². The molecular weight excluding hydrogens is 399 g/mol. The van der Waals surface area contributed by atoms with Crippen LogP contribution < -0.4 is 10.4 Å². The van der Waals surface area contributed by atoms with E-state index in [4.69, 9.17) is 4.74 Å². The number of hydrogen-bond acceptors (Lipinski definition) is 6. The molecule has 0 N–H and O–H groups in total. The van der Waals surface area contributed by atoms with Crippen LogP contribution in [0, 0.1) is 3.57 Å². The fourth-order valence-corrected chi connectivity index (χ4v) is 2.50. The number of aromatic nitrogens is 6. The first-order chi connectivity index (χ1) is 10.7. The molecule has 0 fully saturated rings. The molecule has 2 heterocycles. The zero-order valence-electron chi connectivity index (χ0n) is 11.5. The number of halogens is 1. The Kier molecular flexibility index (Phi) is 4.13. The highest BCUT2D eigenvalue weighted by atomic mass is 127. The molecule has 1 aromatic carbocycles. The minimum absolute atomic E-state index is 0.258.